The van der Waals surface area contributed by atoms with E-state index in [0.717, 1.165) is 11.1 Å². The molecular weight excluding hydrogens is 284 g/mol. The quantitative estimate of drug-likeness (QED) is 0.680. The van der Waals surface area contributed by atoms with Crippen LogP contribution in [0.1, 0.15) is 21.5 Å². The van der Waals surface area contributed by atoms with Gasteiger partial charge in [-0.1, -0.05) is 35.9 Å². The molecule has 0 aliphatic rings. The summed E-state index contributed by atoms with van der Waals surface area (Å²) in [5, 5.41) is 13.8. The molecule has 1 amide bonds. The van der Waals surface area contributed by atoms with Crippen LogP contribution in [-0.4, -0.2) is 17.9 Å². The zero-order valence-electron chi connectivity index (χ0n) is 12.3. The number of methoxy groups -OCH3 is 1. The second-order valence-electron chi connectivity index (χ2n) is 4.78. The van der Waals surface area contributed by atoms with E-state index in [1.807, 2.05) is 31.2 Å². The van der Waals surface area contributed by atoms with Gasteiger partial charge in [0.1, 0.15) is 5.56 Å². The Kier molecular flexibility index (Phi) is 4.73. The molecule has 0 bridgehead atoms. The highest BCUT2D eigenvalue weighted by Gasteiger charge is 2.24. The van der Waals surface area contributed by atoms with Crippen LogP contribution in [0, 0.1) is 17.0 Å². The molecule has 0 saturated heterocycles. The molecule has 2 aromatic rings. The lowest BCUT2D eigenvalue weighted by Crippen LogP contribution is -2.23. The third-order valence-corrected chi connectivity index (χ3v) is 3.22. The van der Waals surface area contributed by atoms with Crippen LogP contribution in [0.3, 0.4) is 0 Å². The van der Waals surface area contributed by atoms with E-state index < -0.39 is 10.8 Å². The van der Waals surface area contributed by atoms with Gasteiger partial charge in [-0.2, -0.15) is 0 Å². The Bertz CT molecular complexity index is 696. The number of nitro groups is 1. The predicted octanol–water partition coefficient (Wildman–Crippen LogP) is 2.84. The van der Waals surface area contributed by atoms with Crippen LogP contribution in [0.4, 0.5) is 5.69 Å². The smallest absolute Gasteiger partial charge is 0.323 e. The minimum atomic E-state index is -0.611. The van der Waals surface area contributed by atoms with Crippen molar-refractivity contribution in [3.63, 3.8) is 0 Å². The van der Waals surface area contributed by atoms with Gasteiger partial charge in [-0.3, -0.25) is 14.9 Å². The molecule has 22 heavy (non-hydrogen) atoms. The van der Waals surface area contributed by atoms with Gasteiger partial charge in [0.25, 0.3) is 5.91 Å². The number of hydrogen-bond donors (Lipinski definition) is 1. The van der Waals surface area contributed by atoms with Crippen LogP contribution in [0.25, 0.3) is 0 Å². The molecule has 6 nitrogen and oxygen atoms in total. The molecule has 0 fully saturated rings. The molecule has 0 unspecified atom stereocenters. The molecule has 0 atom stereocenters. The van der Waals surface area contributed by atoms with Crippen molar-refractivity contribution in [1.82, 2.24) is 5.32 Å². The molecular formula is C16H16N2O4. The number of para-hydroxylation sites is 1. The summed E-state index contributed by atoms with van der Waals surface area (Å²) in [5.41, 5.74) is 1.70. The maximum atomic E-state index is 12.2. The summed E-state index contributed by atoms with van der Waals surface area (Å²) >= 11 is 0. The molecule has 0 heterocycles. The molecule has 114 valence electrons. The molecule has 2 rings (SSSR count). The van der Waals surface area contributed by atoms with Crippen LogP contribution in [0.2, 0.25) is 0 Å². The van der Waals surface area contributed by atoms with Gasteiger partial charge in [-0.25, -0.2) is 0 Å². The van der Waals surface area contributed by atoms with Gasteiger partial charge in [0.2, 0.25) is 0 Å². The number of nitro benzene ring substituents is 1. The Balaban J connectivity index is 2.19. The molecule has 0 spiro atoms. The van der Waals surface area contributed by atoms with E-state index >= 15 is 0 Å². The summed E-state index contributed by atoms with van der Waals surface area (Å²) in [6, 6.07) is 12.1. The van der Waals surface area contributed by atoms with Crippen molar-refractivity contribution in [3.05, 3.63) is 69.3 Å². The number of aryl methyl sites for hydroxylation is 1. The van der Waals surface area contributed by atoms with Crippen LogP contribution in [0.5, 0.6) is 5.75 Å². The van der Waals surface area contributed by atoms with Gasteiger partial charge in [0.15, 0.2) is 5.75 Å². The predicted molar refractivity (Wildman–Crippen MR) is 82.0 cm³/mol. The summed E-state index contributed by atoms with van der Waals surface area (Å²) < 4.78 is 4.95. The first-order valence-electron chi connectivity index (χ1n) is 6.68. The molecule has 0 aliphatic carbocycles. The third kappa shape index (κ3) is 3.41. The summed E-state index contributed by atoms with van der Waals surface area (Å²) in [7, 11) is 1.33. The van der Waals surface area contributed by atoms with Gasteiger partial charge in [0, 0.05) is 6.54 Å². The van der Waals surface area contributed by atoms with E-state index in [2.05, 4.69) is 5.32 Å². The van der Waals surface area contributed by atoms with Gasteiger partial charge in [0.05, 0.1) is 12.0 Å². The topological polar surface area (TPSA) is 81.5 Å². The van der Waals surface area contributed by atoms with Crippen molar-refractivity contribution < 1.29 is 14.5 Å². The number of carbonyl (C=O) groups is 1. The van der Waals surface area contributed by atoms with Crippen molar-refractivity contribution in [1.29, 1.82) is 0 Å². The fourth-order valence-corrected chi connectivity index (χ4v) is 2.04. The Hall–Kier alpha value is -2.89. The zero-order chi connectivity index (χ0) is 16.1. The maximum absolute atomic E-state index is 12.2. The van der Waals surface area contributed by atoms with Crippen molar-refractivity contribution >= 4 is 11.6 Å². The SMILES string of the molecule is COc1cccc(C(=O)NCc2ccc(C)cc2)c1[N+](=O)[O-]. The molecule has 0 saturated carbocycles. The second-order valence-corrected chi connectivity index (χ2v) is 4.78. The Morgan fingerprint density at radius 1 is 1.23 bits per heavy atom. The van der Waals surface area contributed by atoms with Crippen LogP contribution in [0.15, 0.2) is 42.5 Å². The Labute approximate surface area is 127 Å². The lowest BCUT2D eigenvalue weighted by molar-refractivity contribution is -0.386. The fraction of sp³-hybridized carbons (Fsp3) is 0.188. The minimum absolute atomic E-state index is 0.0172. The van der Waals surface area contributed by atoms with E-state index in [-0.39, 0.29) is 17.0 Å². The summed E-state index contributed by atoms with van der Waals surface area (Å²) in [4.78, 5) is 22.8. The molecule has 2 aromatic carbocycles. The van der Waals surface area contributed by atoms with Gasteiger partial charge < -0.3 is 10.1 Å². The monoisotopic (exact) mass is 300 g/mol. The number of benzene rings is 2. The second kappa shape index (κ2) is 6.71. The van der Waals surface area contributed by atoms with Crippen molar-refractivity contribution in [2.24, 2.45) is 0 Å². The molecule has 6 heteroatoms. The standard InChI is InChI=1S/C16H16N2O4/c1-11-6-8-12(9-7-11)10-17-16(19)13-4-3-5-14(22-2)15(13)18(20)21/h3-9H,10H2,1-2H3,(H,17,19). The zero-order valence-corrected chi connectivity index (χ0v) is 12.3. The number of ether oxygens (including phenoxy) is 1. The van der Waals surface area contributed by atoms with E-state index in [9.17, 15) is 14.9 Å². The average molecular weight is 300 g/mol. The van der Waals surface area contributed by atoms with Crippen LogP contribution in [-0.2, 0) is 6.54 Å². The number of carbonyl (C=O) groups excluding carboxylic acids is 1. The van der Waals surface area contributed by atoms with E-state index in [1.54, 1.807) is 6.07 Å². The highest BCUT2D eigenvalue weighted by molar-refractivity contribution is 5.99. The number of nitrogens with zero attached hydrogens (tertiary/aromatic N) is 1. The third-order valence-electron chi connectivity index (χ3n) is 3.22. The first kappa shape index (κ1) is 15.5. The highest BCUT2D eigenvalue weighted by Crippen LogP contribution is 2.30. The Morgan fingerprint density at radius 3 is 2.50 bits per heavy atom. The van der Waals surface area contributed by atoms with Crippen molar-refractivity contribution in [2.75, 3.05) is 7.11 Å². The van der Waals surface area contributed by atoms with Crippen molar-refractivity contribution in [2.45, 2.75) is 13.5 Å². The van der Waals surface area contributed by atoms with E-state index in [4.69, 9.17) is 4.74 Å². The first-order valence-corrected chi connectivity index (χ1v) is 6.68. The lowest BCUT2D eigenvalue weighted by atomic mass is 10.1. The number of nitrogens with one attached hydrogen (secondary N) is 1. The molecule has 0 aliphatic heterocycles. The number of rotatable bonds is 5. The van der Waals surface area contributed by atoms with Gasteiger partial charge in [-0.05, 0) is 24.6 Å². The maximum Gasteiger partial charge on any atom is 0.323 e. The van der Waals surface area contributed by atoms with E-state index in [1.165, 1.54) is 19.2 Å². The molecule has 0 radical (unpaired) electrons. The van der Waals surface area contributed by atoms with E-state index in [0.29, 0.717) is 6.54 Å². The lowest BCUT2D eigenvalue weighted by Gasteiger charge is -2.08. The van der Waals surface area contributed by atoms with Gasteiger partial charge >= 0.3 is 5.69 Å². The highest BCUT2D eigenvalue weighted by atomic mass is 16.6. The number of amides is 1. The number of hydrogen-bond acceptors (Lipinski definition) is 4. The Morgan fingerprint density at radius 2 is 1.91 bits per heavy atom. The normalized spacial score (nSPS) is 10.1. The van der Waals surface area contributed by atoms with Gasteiger partial charge in [-0.15, -0.1) is 0 Å². The van der Waals surface area contributed by atoms with Crippen LogP contribution >= 0.6 is 0 Å². The molecule has 1 N–H and O–H groups in total. The average Bonchev–Trinajstić information content (AvgIpc) is 2.53. The fourth-order valence-electron chi connectivity index (χ4n) is 2.04. The largest absolute Gasteiger partial charge is 0.490 e. The summed E-state index contributed by atoms with van der Waals surface area (Å²) in [5.74, 6) is -0.445. The molecule has 0 aromatic heterocycles. The summed E-state index contributed by atoms with van der Waals surface area (Å²) in [6.45, 7) is 2.27. The van der Waals surface area contributed by atoms with Crippen LogP contribution < -0.4 is 10.1 Å². The minimum Gasteiger partial charge on any atom is -0.490 e. The first-order chi connectivity index (χ1) is 10.5. The summed E-state index contributed by atoms with van der Waals surface area (Å²) in [6.07, 6.45) is 0. The van der Waals surface area contributed by atoms with Crippen molar-refractivity contribution in [3.8, 4) is 5.75 Å².